The van der Waals surface area contributed by atoms with Crippen molar-refractivity contribution in [2.24, 2.45) is 0 Å². The molecule has 0 aliphatic carbocycles. The molecule has 0 fully saturated rings. The van der Waals surface area contributed by atoms with Gasteiger partial charge in [-0.05, 0) is 6.92 Å². The van der Waals surface area contributed by atoms with E-state index in [1.54, 1.807) is 0 Å². The number of hydrogen-bond acceptors (Lipinski definition) is 3. The number of fused-ring (bicyclic) bond motifs is 1. The van der Waals surface area contributed by atoms with Crippen LogP contribution in [0.15, 0.2) is 24.3 Å². The molecule has 1 unspecified atom stereocenters. The molecule has 2 rings (SSSR count). The zero-order chi connectivity index (χ0) is 11.5. The minimum absolute atomic E-state index is 0.234. The molecule has 16 heavy (non-hydrogen) atoms. The third-order valence-corrected chi connectivity index (χ3v) is 2.85. The van der Waals surface area contributed by atoms with Gasteiger partial charge in [0.15, 0.2) is 0 Å². The lowest BCUT2D eigenvalue weighted by Gasteiger charge is -2.08. The van der Waals surface area contributed by atoms with Gasteiger partial charge < -0.3 is 0 Å². The van der Waals surface area contributed by atoms with Crippen LogP contribution >= 0.6 is 11.6 Å². The summed E-state index contributed by atoms with van der Waals surface area (Å²) in [6, 6.07) is 9.94. The second-order valence-electron chi connectivity index (χ2n) is 3.55. The average molecular weight is 232 g/mol. The van der Waals surface area contributed by atoms with Crippen LogP contribution in [-0.2, 0) is 0 Å². The van der Waals surface area contributed by atoms with Crippen molar-refractivity contribution in [3.8, 4) is 6.07 Å². The van der Waals surface area contributed by atoms with E-state index in [2.05, 4.69) is 16.3 Å². The van der Waals surface area contributed by atoms with Crippen molar-refractivity contribution < 1.29 is 0 Å². The zero-order valence-electron chi connectivity index (χ0n) is 8.81. The Balaban J connectivity index is 2.73. The van der Waals surface area contributed by atoms with Crippen molar-refractivity contribution in [3.63, 3.8) is 0 Å². The maximum absolute atomic E-state index is 9.01. The van der Waals surface area contributed by atoms with E-state index in [-0.39, 0.29) is 5.88 Å². The smallest absolute Gasteiger partial charge is 0.104 e. The second-order valence-corrected chi connectivity index (χ2v) is 3.86. The molecule has 1 aromatic carbocycles. The molecule has 1 atom stereocenters. The molecule has 0 radical (unpaired) electrons. The molecule has 4 heteroatoms. The molecule has 0 amide bonds. The maximum Gasteiger partial charge on any atom is 0.104 e. The fraction of sp³-hybridized carbons (Fsp3) is 0.250. The zero-order valence-corrected chi connectivity index (χ0v) is 9.57. The Morgan fingerprint density at radius 3 is 2.62 bits per heavy atom. The number of benzene rings is 1. The molecule has 0 aliphatic heterocycles. The van der Waals surface area contributed by atoms with Crippen LogP contribution in [-0.4, -0.2) is 16.1 Å². The van der Waals surface area contributed by atoms with E-state index in [4.69, 9.17) is 16.9 Å². The standard InChI is InChI=1S/C12H10ClN3/c1-8-10-4-2-3-5-11(10)12(16-15-8)9(6-13)7-14/h2-5,9H,6H2,1H3. The van der Waals surface area contributed by atoms with Gasteiger partial charge in [0.05, 0.1) is 17.5 Å². The van der Waals surface area contributed by atoms with Gasteiger partial charge in [0.25, 0.3) is 0 Å². The lowest BCUT2D eigenvalue weighted by atomic mass is 10.0. The highest BCUT2D eigenvalue weighted by Crippen LogP contribution is 2.24. The van der Waals surface area contributed by atoms with E-state index in [0.717, 1.165) is 16.5 Å². The van der Waals surface area contributed by atoms with Gasteiger partial charge in [-0.25, -0.2) is 0 Å². The monoisotopic (exact) mass is 231 g/mol. The van der Waals surface area contributed by atoms with E-state index in [0.29, 0.717) is 5.69 Å². The first-order valence-corrected chi connectivity index (χ1v) is 5.49. The summed E-state index contributed by atoms with van der Waals surface area (Å²) in [5.41, 5.74) is 1.53. The Bertz CT molecular complexity index is 560. The second kappa shape index (κ2) is 4.46. The van der Waals surface area contributed by atoms with Gasteiger partial charge in [-0.1, -0.05) is 24.3 Å². The molecule has 0 aliphatic rings. The van der Waals surface area contributed by atoms with Crippen LogP contribution in [0.3, 0.4) is 0 Å². The SMILES string of the molecule is Cc1nnc(C(C#N)CCl)c2ccccc12. The van der Waals surface area contributed by atoms with Gasteiger partial charge in [-0.3, -0.25) is 0 Å². The van der Waals surface area contributed by atoms with E-state index >= 15 is 0 Å². The van der Waals surface area contributed by atoms with Crippen LogP contribution < -0.4 is 0 Å². The summed E-state index contributed by atoms with van der Waals surface area (Å²) in [4.78, 5) is 0. The Kier molecular flexibility index (Phi) is 3.02. The highest BCUT2D eigenvalue weighted by atomic mass is 35.5. The molecule has 3 nitrogen and oxygen atoms in total. The Labute approximate surface area is 98.7 Å². The van der Waals surface area contributed by atoms with E-state index in [1.807, 2.05) is 31.2 Å². The average Bonchev–Trinajstić information content (AvgIpc) is 2.34. The number of hydrogen-bond donors (Lipinski definition) is 0. The first-order valence-electron chi connectivity index (χ1n) is 4.95. The third-order valence-electron chi connectivity index (χ3n) is 2.54. The molecule has 0 N–H and O–H groups in total. The fourth-order valence-electron chi connectivity index (χ4n) is 1.68. The first-order chi connectivity index (χ1) is 7.77. The first kappa shape index (κ1) is 10.8. The largest absolute Gasteiger partial charge is 0.198 e. The number of nitrogens with zero attached hydrogens (tertiary/aromatic N) is 3. The molecular formula is C12H10ClN3. The van der Waals surface area contributed by atoms with E-state index in [1.165, 1.54) is 0 Å². The van der Waals surface area contributed by atoms with Crippen LogP contribution in [0.1, 0.15) is 17.3 Å². The Morgan fingerprint density at radius 1 is 1.31 bits per heavy atom. The van der Waals surface area contributed by atoms with Crippen molar-refractivity contribution in [3.05, 3.63) is 35.7 Å². The predicted octanol–water partition coefficient (Wildman–Crippen LogP) is 2.78. The number of rotatable bonds is 2. The summed E-state index contributed by atoms with van der Waals surface area (Å²) in [7, 11) is 0. The van der Waals surface area contributed by atoms with Gasteiger partial charge in [0.1, 0.15) is 5.92 Å². The van der Waals surface area contributed by atoms with Crippen molar-refractivity contribution in [1.29, 1.82) is 5.26 Å². The minimum Gasteiger partial charge on any atom is -0.198 e. The van der Waals surface area contributed by atoms with Crippen LogP contribution in [0.25, 0.3) is 10.8 Å². The summed E-state index contributed by atoms with van der Waals surface area (Å²) >= 11 is 5.75. The highest BCUT2D eigenvalue weighted by molar-refractivity contribution is 6.18. The summed E-state index contributed by atoms with van der Waals surface area (Å²) < 4.78 is 0. The number of aromatic nitrogens is 2. The van der Waals surface area contributed by atoms with E-state index < -0.39 is 5.92 Å². The van der Waals surface area contributed by atoms with Crippen LogP contribution in [0.4, 0.5) is 0 Å². The maximum atomic E-state index is 9.01. The summed E-state index contributed by atoms with van der Waals surface area (Å²) in [6.45, 7) is 1.90. The lowest BCUT2D eigenvalue weighted by molar-refractivity contribution is 0.864. The Hall–Kier alpha value is -1.66. The van der Waals surface area contributed by atoms with Crippen molar-refractivity contribution in [1.82, 2.24) is 10.2 Å². The van der Waals surface area contributed by atoms with E-state index in [9.17, 15) is 0 Å². The molecule has 1 aromatic heterocycles. The topological polar surface area (TPSA) is 49.6 Å². The minimum atomic E-state index is -0.403. The van der Waals surface area contributed by atoms with Gasteiger partial charge in [-0.15, -0.1) is 11.6 Å². The quantitative estimate of drug-likeness (QED) is 0.747. The van der Waals surface area contributed by atoms with Crippen molar-refractivity contribution in [2.75, 3.05) is 5.88 Å². The van der Waals surface area contributed by atoms with Crippen LogP contribution in [0, 0.1) is 18.3 Å². The summed E-state index contributed by atoms with van der Waals surface area (Å²) in [5, 5.41) is 19.1. The summed E-state index contributed by atoms with van der Waals surface area (Å²) in [6.07, 6.45) is 0. The van der Waals surface area contributed by atoms with Gasteiger partial charge >= 0.3 is 0 Å². The van der Waals surface area contributed by atoms with Crippen molar-refractivity contribution in [2.45, 2.75) is 12.8 Å². The number of aryl methyl sites for hydroxylation is 1. The van der Waals surface area contributed by atoms with Gasteiger partial charge in [0, 0.05) is 16.7 Å². The molecule has 2 aromatic rings. The summed E-state index contributed by atoms with van der Waals surface area (Å²) in [5.74, 6) is -0.169. The lowest BCUT2D eigenvalue weighted by Crippen LogP contribution is -2.04. The molecule has 0 saturated heterocycles. The number of nitriles is 1. The number of halogens is 1. The normalized spacial score (nSPS) is 12.3. The molecule has 0 bridgehead atoms. The van der Waals surface area contributed by atoms with Crippen LogP contribution in [0.5, 0.6) is 0 Å². The number of alkyl halides is 1. The molecule has 1 heterocycles. The molecular weight excluding hydrogens is 222 g/mol. The Morgan fingerprint density at radius 2 is 2.00 bits per heavy atom. The van der Waals surface area contributed by atoms with Gasteiger partial charge in [0.2, 0.25) is 0 Å². The highest BCUT2D eigenvalue weighted by Gasteiger charge is 2.15. The molecule has 0 saturated carbocycles. The predicted molar refractivity (Wildman–Crippen MR) is 63.3 cm³/mol. The van der Waals surface area contributed by atoms with Gasteiger partial charge in [-0.2, -0.15) is 15.5 Å². The fourth-order valence-corrected chi connectivity index (χ4v) is 1.90. The van der Waals surface area contributed by atoms with Crippen molar-refractivity contribution >= 4 is 22.4 Å². The van der Waals surface area contributed by atoms with Crippen LogP contribution in [0.2, 0.25) is 0 Å². The molecule has 0 spiro atoms. The molecule has 80 valence electrons. The third kappa shape index (κ3) is 1.72.